The van der Waals surface area contributed by atoms with Crippen molar-refractivity contribution in [3.8, 4) is 0 Å². The molecule has 1 aliphatic carbocycles. The molecule has 5 nitrogen and oxygen atoms in total. The second-order valence-corrected chi connectivity index (χ2v) is 12.4. The van der Waals surface area contributed by atoms with Gasteiger partial charge in [-0.3, -0.25) is 4.79 Å². The monoisotopic (exact) mass is 442 g/mol. The second kappa shape index (κ2) is 8.72. The molecule has 3 rings (SSSR count). The summed E-state index contributed by atoms with van der Waals surface area (Å²) in [7, 11) is 0. The summed E-state index contributed by atoms with van der Waals surface area (Å²) in [6.45, 7) is 19.6. The number of hydrogen-bond acceptors (Lipinski definition) is 4. The standard InChI is InChI=1S/C27H42N2O3/c1-19(30)20-9-10-22(21-16-26(5,6)18-27(7,8)17-21)23(15-20)28-11-13-29(14-12-28)24(31)32-25(2,3)4/h9-10,15,21H,11-14,16-18H2,1-8H3. The van der Waals surface area contributed by atoms with Gasteiger partial charge in [0.25, 0.3) is 0 Å². The van der Waals surface area contributed by atoms with Crippen molar-refractivity contribution in [2.75, 3.05) is 31.1 Å². The Kier molecular flexibility index (Phi) is 6.70. The van der Waals surface area contributed by atoms with Crippen LogP contribution in [0.15, 0.2) is 18.2 Å². The summed E-state index contributed by atoms with van der Waals surface area (Å²) < 4.78 is 5.56. The smallest absolute Gasteiger partial charge is 0.410 e. The van der Waals surface area contributed by atoms with Crippen molar-refractivity contribution in [3.63, 3.8) is 0 Å². The number of carbonyl (C=O) groups excluding carboxylic acids is 2. The summed E-state index contributed by atoms with van der Waals surface area (Å²) in [6.07, 6.45) is 3.29. The van der Waals surface area contributed by atoms with E-state index in [4.69, 9.17) is 4.74 Å². The third kappa shape index (κ3) is 6.05. The summed E-state index contributed by atoms with van der Waals surface area (Å²) in [4.78, 5) is 28.8. The topological polar surface area (TPSA) is 49.9 Å². The molecule has 5 heteroatoms. The highest BCUT2D eigenvalue weighted by atomic mass is 16.6. The number of amides is 1. The Morgan fingerprint density at radius 2 is 1.53 bits per heavy atom. The number of carbonyl (C=O) groups is 2. The average molecular weight is 443 g/mol. The van der Waals surface area contributed by atoms with Crippen molar-refractivity contribution < 1.29 is 14.3 Å². The molecule has 0 aromatic heterocycles. The molecule has 1 aromatic carbocycles. The van der Waals surface area contributed by atoms with Gasteiger partial charge in [-0.05, 0) is 75.3 Å². The Hall–Kier alpha value is -2.04. The van der Waals surface area contributed by atoms with Crippen LogP contribution in [0.3, 0.4) is 0 Å². The van der Waals surface area contributed by atoms with E-state index in [2.05, 4.69) is 44.7 Å². The molecule has 32 heavy (non-hydrogen) atoms. The number of ketones is 1. The van der Waals surface area contributed by atoms with Crippen molar-refractivity contribution >= 4 is 17.6 Å². The van der Waals surface area contributed by atoms with Crippen LogP contribution in [0, 0.1) is 10.8 Å². The SMILES string of the molecule is CC(=O)c1ccc(C2CC(C)(C)CC(C)(C)C2)c(N2CCN(C(=O)OC(C)(C)C)CC2)c1. The predicted octanol–water partition coefficient (Wildman–Crippen LogP) is 6.27. The van der Waals surface area contributed by atoms with Crippen molar-refractivity contribution in [1.82, 2.24) is 4.90 Å². The molecule has 1 amide bonds. The van der Waals surface area contributed by atoms with Gasteiger partial charge in [-0.15, -0.1) is 0 Å². The van der Waals surface area contributed by atoms with Gasteiger partial charge in [0.1, 0.15) is 5.60 Å². The van der Waals surface area contributed by atoms with E-state index in [9.17, 15) is 9.59 Å². The van der Waals surface area contributed by atoms with E-state index in [1.165, 1.54) is 17.7 Å². The van der Waals surface area contributed by atoms with Crippen molar-refractivity contribution in [2.24, 2.45) is 10.8 Å². The van der Waals surface area contributed by atoms with Crippen LogP contribution in [0.1, 0.15) is 96.5 Å². The highest BCUT2D eigenvalue weighted by Crippen LogP contribution is 2.53. The summed E-state index contributed by atoms with van der Waals surface area (Å²) in [6, 6.07) is 6.26. The third-order valence-electron chi connectivity index (χ3n) is 6.70. The van der Waals surface area contributed by atoms with Crippen molar-refractivity contribution in [3.05, 3.63) is 29.3 Å². The minimum Gasteiger partial charge on any atom is -0.444 e. The summed E-state index contributed by atoms with van der Waals surface area (Å²) >= 11 is 0. The van der Waals surface area contributed by atoms with Crippen LogP contribution in [0.5, 0.6) is 0 Å². The first-order valence-corrected chi connectivity index (χ1v) is 12.0. The Balaban J connectivity index is 1.85. The van der Waals surface area contributed by atoms with E-state index < -0.39 is 5.60 Å². The van der Waals surface area contributed by atoms with E-state index >= 15 is 0 Å². The van der Waals surface area contributed by atoms with Gasteiger partial charge in [0.15, 0.2) is 5.78 Å². The average Bonchev–Trinajstić information content (AvgIpc) is 2.64. The Labute approximate surface area is 194 Å². The molecular weight excluding hydrogens is 400 g/mol. The van der Waals surface area contributed by atoms with Crippen LogP contribution in [-0.4, -0.2) is 48.6 Å². The van der Waals surface area contributed by atoms with Gasteiger partial charge in [0.05, 0.1) is 0 Å². The van der Waals surface area contributed by atoms with E-state index in [0.29, 0.717) is 29.8 Å². The first kappa shape index (κ1) is 24.6. The maximum Gasteiger partial charge on any atom is 0.410 e. The fourth-order valence-corrected chi connectivity index (χ4v) is 5.90. The van der Waals surface area contributed by atoms with Gasteiger partial charge in [-0.25, -0.2) is 4.79 Å². The van der Waals surface area contributed by atoms with E-state index in [0.717, 1.165) is 31.5 Å². The lowest BCUT2D eigenvalue weighted by molar-refractivity contribution is 0.0240. The molecule has 2 aliphatic rings. The number of ether oxygens (including phenoxy) is 1. The highest BCUT2D eigenvalue weighted by molar-refractivity contribution is 5.95. The van der Waals surface area contributed by atoms with Gasteiger partial charge in [0.2, 0.25) is 0 Å². The second-order valence-electron chi connectivity index (χ2n) is 12.4. The molecule has 2 fully saturated rings. The Morgan fingerprint density at radius 1 is 0.969 bits per heavy atom. The fraction of sp³-hybridized carbons (Fsp3) is 0.704. The van der Waals surface area contributed by atoms with Crippen LogP contribution in [0.25, 0.3) is 0 Å². The zero-order valence-electron chi connectivity index (χ0n) is 21.4. The van der Waals surface area contributed by atoms with Crippen LogP contribution >= 0.6 is 0 Å². The maximum absolute atomic E-state index is 12.5. The molecule has 0 unspecified atom stereocenters. The van der Waals surface area contributed by atoms with Gasteiger partial charge in [-0.1, -0.05) is 39.8 Å². The molecule has 1 heterocycles. The molecule has 0 spiro atoms. The number of piperazine rings is 1. The lowest BCUT2D eigenvalue weighted by Crippen LogP contribution is -2.50. The zero-order chi connectivity index (χ0) is 23.9. The third-order valence-corrected chi connectivity index (χ3v) is 6.70. The summed E-state index contributed by atoms with van der Waals surface area (Å²) in [5, 5.41) is 0. The Bertz CT molecular complexity index is 842. The molecule has 0 N–H and O–H groups in total. The van der Waals surface area contributed by atoms with Crippen molar-refractivity contribution in [2.45, 2.75) is 86.2 Å². The fourth-order valence-electron chi connectivity index (χ4n) is 5.90. The minimum absolute atomic E-state index is 0.0921. The molecule has 1 saturated carbocycles. The van der Waals surface area contributed by atoms with E-state index in [-0.39, 0.29) is 11.9 Å². The van der Waals surface area contributed by atoms with Crippen LogP contribution in [0.4, 0.5) is 10.5 Å². The van der Waals surface area contributed by atoms with Gasteiger partial charge >= 0.3 is 6.09 Å². The zero-order valence-corrected chi connectivity index (χ0v) is 21.4. The summed E-state index contributed by atoms with van der Waals surface area (Å²) in [5.74, 6) is 0.558. The number of nitrogens with zero attached hydrogens (tertiary/aromatic N) is 2. The van der Waals surface area contributed by atoms with Crippen LogP contribution in [-0.2, 0) is 4.74 Å². The number of hydrogen-bond donors (Lipinski definition) is 0. The largest absolute Gasteiger partial charge is 0.444 e. The number of Topliss-reactive ketones (excluding diaryl/α,β-unsaturated/α-hetero) is 1. The molecule has 1 aromatic rings. The maximum atomic E-state index is 12.5. The van der Waals surface area contributed by atoms with Gasteiger partial charge in [-0.2, -0.15) is 0 Å². The number of rotatable bonds is 3. The number of benzene rings is 1. The molecule has 0 atom stereocenters. The molecule has 1 aliphatic heterocycles. The van der Waals surface area contributed by atoms with Crippen LogP contribution < -0.4 is 4.90 Å². The molecular formula is C27H42N2O3. The first-order valence-electron chi connectivity index (χ1n) is 12.0. The summed E-state index contributed by atoms with van der Waals surface area (Å²) in [5.41, 5.74) is 3.36. The molecule has 0 bridgehead atoms. The molecule has 1 saturated heterocycles. The quantitative estimate of drug-likeness (QED) is 0.518. The van der Waals surface area contributed by atoms with Gasteiger partial charge in [0, 0.05) is 37.4 Å². The van der Waals surface area contributed by atoms with Gasteiger partial charge < -0.3 is 14.5 Å². The van der Waals surface area contributed by atoms with E-state index in [1.54, 1.807) is 11.8 Å². The molecule has 0 radical (unpaired) electrons. The van der Waals surface area contributed by atoms with Crippen molar-refractivity contribution in [1.29, 1.82) is 0 Å². The number of anilines is 1. The predicted molar refractivity (Wildman–Crippen MR) is 131 cm³/mol. The van der Waals surface area contributed by atoms with E-state index in [1.807, 2.05) is 26.8 Å². The minimum atomic E-state index is -0.488. The van der Waals surface area contributed by atoms with Crippen LogP contribution in [0.2, 0.25) is 0 Å². The highest BCUT2D eigenvalue weighted by Gasteiger charge is 2.40. The molecule has 178 valence electrons. The lowest BCUT2D eigenvalue weighted by atomic mass is 9.60. The normalized spacial score (nSPS) is 21.4. The Morgan fingerprint density at radius 3 is 2.03 bits per heavy atom. The first-order chi connectivity index (χ1) is 14.7. The lowest BCUT2D eigenvalue weighted by Gasteiger charge is -2.46.